The summed E-state index contributed by atoms with van der Waals surface area (Å²) in [6, 6.07) is 5.60. The number of anilines is 1. The van der Waals surface area contributed by atoms with Gasteiger partial charge in [0.05, 0.1) is 17.2 Å². The Balaban J connectivity index is 1.30. The smallest absolute Gasteiger partial charge is 0.252 e. The third kappa shape index (κ3) is 5.07. The van der Waals surface area contributed by atoms with Crippen molar-refractivity contribution in [3.05, 3.63) is 28.8 Å². The van der Waals surface area contributed by atoms with Gasteiger partial charge >= 0.3 is 0 Å². The molecular weight excluding hydrogens is 386 g/mol. The van der Waals surface area contributed by atoms with Gasteiger partial charge in [0, 0.05) is 39.0 Å². The lowest BCUT2D eigenvalue weighted by Gasteiger charge is -2.56. The maximum absolute atomic E-state index is 12.9. The van der Waals surface area contributed by atoms with Crippen LogP contribution in [0, 0.1) is 23.2 Å². The van der Waals surface area contributed by atoms with Gasteiger partial charge in [0.1, 0.15) is 0 Å². The Kier molecular flexibility index (Phi) is 6.67. The molecule has 0 spiro atoms. The molecule has 160 valence electrons. The number of amides is 1. The van der Waals surface area contributed by atoms with Crippen molar-refractivity contribution in [3.8, 4) is 0 Å². The van der Waals surface area contributed by atoms with E-state index in [2.05, 4.69) is 16.0 Å². The summed E-state index contributed by atoms with van der Waals surface area (Å²) in [5.41, 5.74) is 1.82. The molecule has 0 atom stereocenters. The Bertz CT molecular complexity index is 689. The molecule has 1 amide bonds. The minimum atomic E-state index is -0.0485. The van der Waals surface area contributed by atoms with Gasteiger partial charge in [0.15, 0.2) is 0 Å². The summed E-state index contributed by atoms with van der Waals surface area (Å²) >= 11 is 6.35. The molecule has 4 fully saturated rings. The third-order valence-corrected chi connectivity index (χ3v) is 7.44. The van der Waals surface area contributed by atoms with Gasteiger partial charge in [-0.15, -0.1) is 0 Å². The summed E-state index contributed by atoms with van der Waals surface area (Å²) < 4.78 is 5.02. The molecule has 0 heterocycles. The second-order valence-corrected chi connectivity index (χ2v) is 9.87. The fourth-order valence-corrected chi connectivity index (χ4v) is 6.48. The van der Waals surface area contributed by atoms with Crippen molar-refractivity contribution in [1.82, 2.24) is 10.6 Å². The quantitative estimate of drug-likeness (QED) is 0.503. The summed E-state index contributed by atoms with van der Waals surface area (Å²) in [6.07, 6.45) is 8.16. The molecule has 0 aliphatic heterocycles. The molecule has 0 saturated heterocycles. The van der Waals surface area contributed by atoms with Crippen molar-refractivity contribution >= 4 is 23.2 Å². The molecule has 4 bridgehead atoms. The van der Waals surface area contributed by atoms with Gasteiger partial charge in [-0.25, -0.2) is 0 Å². The van der Waals surface area contributed by atoms with Crippen molar-refractivity contribution in [3.63, 3.8) is 0 Å². The van der Waals surface area contributed by atoms with Crippen LogP contribution in [0.4, 0.5) is 5.69 Å². The van der Waals surface area contributed by atoms with E-state index in [0.717, 1.165) is 49.6 Å². The van der Waals surface area contributed by atoms with Crippen LogP contribution in [0.2, 0.25) is 5.02 Å². The van der Waals surface area contributed by atoms with E-state index in [0.29, 0.717) is 22.6 Å². The Hall–Kier alpha value is -1.30. The highest BCUT2D eigenvalue weighted by Gasteiger charge is 2.50. The SMILES string of the molecule is COCCNCCNc1ccc(Cl)c(C(=O)NCC23CC4CC(CC(C4)C2)C3)c1. The average Bonchev–Trinajstić information content (AvgIpc) is 2.69. The predicted molar refractivity (Wildman–Crippen MR) is 118 cm³/mol. The Morgan fingerprint density at radius 1 is 1.10 bits per heavy atom. The number of carbonyl (C=O) groups excluding carboxylic acids is 1. The van der Waals surface area contributed by atoms with Gasteiger partial charge in [-0.2, -0.15) is 0 Å². The average molecular weight is 420 g/mol. The molecule has 4 saturated carbocycles. The lowest BCUT2D eigenvalue weighted by molar-refractivity contribution is -0.0503. The lowest BCUT2D eigenvalue weighted by Crippen LogP contribution is -2.51. The first-order chi connectivity index (χ1) is 14.1. The van der Waals surface area contributed by atoms with Crippen LogP contribution in [0.3, 0.4) is 0 Å². The normalized spacial score (nSPS) is 29.8. The van der Waals surface area contributed by atoms with Gasteiger partial charge in [-0.1, -0.05) is 11.6 Å². The highest BCUT2D eigenvalue weighted by molar-refractivity contribution is 6.34. The van der Waals surface area contributed by atoms with Crippen molar-refractivity contribution in [2.24, 2.45) is 23.2 Å². The highest BCUT2D eigenvalue weighted by atomic mass is 35.5. The molecule has 1 aromatic rings. The molecule has 4 aliphatic rings. The lowest BCUT2D eigenvalue weighted by atomic mass is 9.49. The fourth-order valence-electron chi connectivity index (χ4n) is 6.27. The summed E-state index contributed by atoms with van der Waals surface area (Å²) in [7, 11) is 1.70. The molecule has 6 heteroatoms. The number of methoxy groups -OCH3 is 1. The maximum Gasteiger partial charge on any atom is 0.252 e. The van der Waals surface area contributed by atoms with Gasteiger partial charge < -0.3 is 20.7 Å². The largest absolute Gasteiger partial charge is 0.384 e. The van der Waals surface area contributed by atoms with E-state index in [-0.39, 0.29) is 5.91 Å². The minimum absolute atomic E-state index is 0.0485. The molecule has 1 aromatic carbocycles. The van der Waals surface area contributed by atoms with E-state index in [1.807, 2.05) is 18.2 Å². The van der Waals surface area contributed by atoms with E-state index in [1.165, 1.54) is 38.5 Å². The van der Waals surface area contributed by atoms with Gasteiger partial charge in [0.25, 0.3) is 5.91 Å². The number of hydrogen-bond acceptors (Lipinski definition) is 4. The number of nitrogens with one attached hydrogen (secondary N) is 3. The van der Waals surface area contributed by atoms with Crippen molar-refractivity contribution in [1.29, 1.82) is 0 Å². The van der Waals surface area contributed by atoms with Crippen molar-refractivity contribution in [2.75, 3.05) is 45.2 Å². The van der Waals surface area contributed by atoms with Crippen molar-refractivity contribution in [2.45, 2.75) is 38.5 Å². The van der Waals surface area contributed by atoms with E-state index in [1.54, 1.807) is 7.11 Å². The number of benzene rings is 1. The van der Waals surface area contributed by atoms with Crippen LogP contribution in [-0.2, 0) is 4.74 Å². The van der Waals surface area contributed by atoms with Crippen LogP contribution in [0.15, 0.2) is 18.2 Å². The summed E-state index contributed by atoms with van der Waals surface area (Å²) in [5, 5.41) is 10.4. The second kappa shape index (κ2) is 9.23. The molecule has 0 radical (unpaired) electrons. The number of rotatable bonds is 10. The molecule has 0 unspecified atom stereocenters. The van der Waals surface area contributed by atoms with Crippen LogP contribution < -0.4 is 16.0 Å². The Morgan fingerprint density at radius 3 is 2.45 bits per heavy atom. The maximum atomic E-state index is 12.9. The second-order valence-electron chi connectivity index (χ2n) is 9.46. The molecule has 4 aliphatic carbocycles. The number of carbonyl (C=O) groups is 1. The van der Waals surface area contributed by atoms with Crippen LogP contribution >= 0.6 is 11.6 Å². The summed E-state index contributed by atoms with van der Waals surface area (Å²) in [4.78, 5) is 12.9. The number of halogens is 1. The molecule has 5 rings (SSSR count). The summed E-state index contributed by atoms with van der Waals surface area (Å²) in [6.45, 7) is 3.94. The first-order valence-electron chi connectivity index (χ1n) is 11.1. The summed E-state index contributed by atoms with van der Waals surface area (Å²) in [5.74, 6) is 2.64. The molecule has 0 aromatic heterocycles. The number of ether oxygens (including phenoxy) is 1. The molecule has 3 N–H and O–H groups in total. The van der Waals surface area contributed by atoms with Crippen LogP contribution in [-0.4, -0.2) is 45.8 Å². The predicted octanol–water partition coefficient (Wildman–Crippen LogP) is 3.93. The molecular formula is C23H34ClN3O2. The van der Waals surface area contributed by atoms with E-state index in [9.17, 15) is 4.79 Å². The fraction of sp³-hybridized carbons (Fsp3) is 0.696. The zero-order chi connectivity index (χ0) is 20.3. The van der Waals surface area contributed by atoms with Crippen LogP contribution in [0.5, 0.6) is 0 Å². The third-order valence-electron chi connectivity index (χ3n) is 7.11. The van der Waals surface area contributed by atoms with E-state index >= 15 is 0 Å². The topological polar surface area (TPSA) is 62.4 Å². The zero-order valence-corrected chi connectivity index (χ0v) is 18.2. The number of hydrogen-bond donors (Lipinski definition) is 3. The highest BCUT2D eigenvalue weighted by Crippen LogP contribution is 2.59. The van der Waals surface area contributed by atoms with Gasteiger partial charge in [0.2, 0.25) is 0 Å². The van der Waals surface area contributed by atoms with Crippen LogP contribution in [0.25, 0.3) is 0 Å². The van der Waals surface area contributed by atoms with Gasteiger partial charge in [-0.05, 0) is 79.9 Å². The standard InChI is InChI=1S/C23H34ClN3O2/c1-29-7-6-25-4-5-26-19-2-3-21(24)20(11-19)22(28)27-15-23-12-16-8-17(13-23)10-18(9-16)14-23/h2-3,11,16-18,25-26H,4-10,12-15H2,1H3,(H,27,28). The zero-order valence-electron chi connectivity index (χ0n) is 17.4. The Labute approximate surface area is 179 Å². The molecule has 29 heavy (non-hydrogen) atoms. The minimum Gasteiger partial charge on any atom is -0.384 e. The van der Waals surface area contributed by atoms with Gasteiger partial charge in [-0.3, -0.25) is 4.79 Å². The monoisotopic (exact) mass is 419 g/mol. The first kappa shape index (κ1) is 21.0. The first-order valence-corrected chi connectivity index (χ1v) is 11.5. The van der Waals surface area contributed by atoms with Crippen LogP contribution in [0.1, 0.15) is 48.9 Å². The van der Waals surface area contributed by atoms with Crippen molar-refractivity contribution < 1.29 is 9.53 Å². The van der Waals surface area contributed by atoms with E-state index in [4.69, 9.17) is 16.3 Å². The van der Waals surface area contributed by atoms with E-state index < -0.39 is 0 Å². The Morgan fingerprint density at radius 2 is 1.79 bits per heavy atom. The molecule has 5 nitrogen and oxygen atoms in total.